The Kier molecular flexibility index (Phi) is 3.41. The maximum Gasteiger partial charge on any atom is 0.124 e. The summed E-state index contributed by atoms with van der Waals surface area (Å²) in [5.41, 5.74) is 7.67. The topological polar surface area (TPSA) is 30.9 Å². The van der Waals surface area contributed by atoms with Gasteiger partial charge in [0.25, 0.3) is 0 Å². The van der Waals surface area contributed by atoms with Gasteiger partial charge in [-0.15, -0.1) is 0 Å². The lowest BCUT2D eigenvalue weighted by molar-refractivity contribution is 0.625. The zero-order valence-corrected chi connectivity index (χ0v) is 10.2. The Morgan fingerprint density at radius 3 is 2.75 bits per heavy atom. The predicted octanol–water partition coefficient (Wildman–Crippen LogP) is 2.90. The molecule has 1 aromatic heterocycles. The van der Waals surface area contributed by atoms with Crippen LogP contribution in [0.5, 0.6) is 0 Å². The van der Waals surface area contributed by atoms with E-state index in [0.717, 1.165) is 15.6 Å². The highest BCUT2D eigenvalue weighted by atomic mass is 79.9. The van der Waals surface area contributed by atoms with Gasteiger partial charge < -0.3 is 10.3 Å². The van der Waals surface area contributed by atoms with E-state index in [9.17, 15) is 4.39 Å². The third-order valence-corrected chi connectivity index (χ3v) is 3.15. The standard InChI is InChI=1S/C12H12BrFN2/c13-12-5-11(14)2-1-10(12)8-16-4-3-9(6-15)7-16/h1-5,7H,6,8,15H2. The minimum atomic E-state index is -0.231. The Bertz CT molecular complexity index is 494. The SMILES string of the molecule is NCc1ccn(Cc2ccc(F)cc2Br)c1. The van der Waals surface area contributed by atoms with Gasteiger partial charge in [0.2, 0.25) is 0 Å². The lowest BCUT2D eigenvalue weighted by Crippen LogP contribution is -1.99. The molecular weight excluding hydrogens is 271 g/mol. The summed E-state index contributed by atoms with van der Waals surface area (Å²) in [6.07, 6.45) is 3.97. The van der Waals surface area contributed by atoms with Crippen molar-refractivity contribution in [2.75, 3.05) is 0 Å². The van der Waals surface area contributed by atoms with E-state index in [1.54, 1.807) is 6.07 Å². The van der Waals surface area contributed by atoms with Crippen LogP contribution in [0.15, 0.2) is 41.1 Å². The first kappa shape index (κ1) is 11.4. The number of hydrogen-bond acceptors (Lipinski definition) is 1. The van der Waals surface area contributed by atoms with Crippen LogP contribution in [0.1, 0.15) is 11.1 Å². The first-order valence-electron chi connectivity index (χ1n) is 4.97. The second kappa shape index (κ2) is 4.80. The van der Waals surface area contributed by atoms with Gasteiger partial charge in [0, 0.05) is 30.0 Å². The highest BCUT2D eigenvalue weighted by Gasteiger charge is 2.02. The minimum absolute atomic E-state index is 0.231. The molecule has 0 saturated carbocycles. The lowest BCUT2D eigenvalue weighted by Gasteiger charge is -2.05. The summed E-state index contributed by atoms with van der Waals surface area (Å²) in [7, 11) is 0. The summed E-state index contributed by atoms with van der Waals surface area (Å²) in [4.78, 5) is 0. The molecule has 0 unspecified atom stereocenters. The van der Waals surface area contributed by atoms with Gasteiger partial charge in [0.05, 0.1) is 0 Å². The molecule has 16 heavy (non-hydrogen) atoms. The fourth-order valence-electron chi connectivity index (χ4n) is 1.56. The van der Waals surface area contributed by atoms with Crippen LogP contribution in [0, 0.1) is 5.82 Å². The number of rotatable bonds is 3. The fraction of sp³-hybridized carbons (Fsp3) is 0.167. The summed E-state index contributed by atoms with van der Waals surface area (Å²) in [5, 5.41) is 0. The van der Waals surface area contributed by atoms with Gasteiger partial charge in [0.1, 0.15) is 5.82 Å². The molecule has 2 rings (SSSR count). The number of hydrogen-bond donors (Lipinski definition) is 1. The highest BCUT2D eigenvalue weighted by Crippen LogP contribution is 2.19. The van der Waals surface area contributed by atoms with Crippen LogP contribution in [-0.2, 0) is 13.1 Å². The van der Waals surface area contributed by atoms with Crippen molar-refractivity contribution >= 4 is 15.9 Å². The van der Waals surface area contributed by atoms with Gasteiger partial charge >= 0.3 is 0 Å². The highest BCUT2D eigenvalue weighted by molar-refractivity contribution is 9.10. The molecule has 0 saturated heterocycles. The molecular formula is C12H12BrFN2. The lowest BCUT2D eigenvalue weighted by atomic mass is 10.2. The Morgan fingerprint density at radius 2 is 2.12 bits per heavy atom. The average molecular weight is 283 g/mol. The molecule has 0 spiro atoms. The largest absolute Gasteiger partial charge is 0.350 e. The number of aromatic nitrogens is 1. The summed E-state index contributed by atoms with van der Waals surface area (Å²) in [6, 6.07) is 6.70. The maximum absolute atomic E-state index is 12.9. The van der Waals surface area contributed by atoms with Gasteiger partial charge in [-0.3, -0.25) is 0 Å². The smallest absolute Gasteiger partial charge is 0.124 e. The van der Waals surface area contributed by atoms with E-state index in [1.807, 2.05) is 23.0 Å². The van der Waals surface area contributed by atoms with Gasteiger partial charge in [-0.05, 0) is 29.3 Å². The summed E-state index contributed by atoms with van der Waals surface area (Å²) in [6.45, 7) is 1.25. The van der Waals surface area contributed by atoms with Crippen molar-refractivity contribution in [3.63, 3.8) is 0 Å². The third-order valence-electron chi connectivity index (χ3n) is 2.42. The van der Waals surface area contributed by atoms with Crippen LogP contribution in [0.25, 0.3) is 0 Å². The molecule has 0 bridgehead atoms. The first-order valence-corrected chi connectivity index (χ1v) is 5.77. The Hall–Kier alpha value is -1.13. The Balaban J connectivity index is 2.20. The Morgan fingerprint density at radius 1 is 1.31 bits per heavy atom. The van der Waals surface area contributed by atoms with E-state index in [1.165, 1.54) is 12.1 Å². The maximum atomic E-state index is 12.9. The van der Waals surface area contributed by atoms with Crippen molar-refractivity contribution < 1.29 is 4.39 Å². The van der Waals surface area contributed by atoms with Crippen molar-refractivity contribution in [2.24, 2.45) is 5.73 Å². The van der Waals surface area contributed by atoms with Gasteiger partial charge in [-0.25, -0.2) is 4.39 Å². The second-order valence-electron chi connectivity index (χ2n) is 3.63. The number of nitrogens with two attached hydrogens (primary N) is 1. The third kappa shape index (κ3) is 2.51. The number of nitrogens with zero attached hydrogens (tertiary/aromatic N) is 1. The summed E-state index contributed by atoms with van der Waals surface area (Å²) >= 11 is 3.35. The van der Waals surface area contributed by atoms with Crippen molar-refractivity contribution in [1.82, 2.24) is 4.57 Å². The van der Waals surface area contributed by atoms with Crippen LogP contribution in [0.3, 0.4) is 0 Å². The average Bonchev–Trinajstić information content (AvgIpc) is 2.70. The van der Waals surface area contributed by atoms with E-state index in [4.69, 9.17) is 5.73 Å². The molecule has 0 radical (unpaired) electrons. The van der Waals surface area contributed by atoms with Crippen LogP contribution >= 0.6 is 15.9 Å². The van der Waals surface area contributed by atoms with Crippen LogP contribution in [0.2, 0.25) is 0 Å². The Labute approximate surface area is 102 Å². The number of benzene rings is 1. The zero-order valence-electron chi connectivity index (χ0n) is 8.66. The second-order valence-corrected chi connectivity index (χ2v) is 4.49. The van der Waals surface area contributed by atoms with Gasteiger partial charge in [0.15, 0.2) is 0 Å². The van der Waals surface area contributed by atoms with Gasteiger partial charge in [-0.1, -0.05) is 22.0 Å². The molecule has 0 amide bonds. The quantitative estimate of drug-likeness (QED) is 0.922. The molecule has 2 N–H and O–H groups in total. The van der Waals surface area contributed by atoms with E-state index < -0.39 is 0 Å². The normalized spacial score (nSPS) is 10.7. The van der Waals surface area contributed by atoms with Crippen molar-refractivity contribution in [1.29, 1.82) is 0 Å². The van der Waals surface area contributed by atoms with E-state index in [0.29, 0.717) is 13.1 Å². The van der Waals surface area contributed by atoms with Crippen LogP contribution in [-0.4, -0.2) is 4.57 Å². The molecule has 0 aliphatic heterocycles. The number of halogens is 2. The first-order chi connectivity index (χ1) is 7.69. The predicted molar refractivity (Wildman–Crippen MR) is 65.5 cm³/mol. The molecule has 0 fully saturated rings. The molecule has 0 aliphatic carbocycles. The fourth-order valence-corrected chi connectivity index (χ4v) is 2.03. The monoisotopic (exact) mass is 282 g/mol. The van der Waals surface area contributed by atoms with Crippen molar-refractivity contribution in [3.8, 4) is 0 Å². The molecule has 1 heterocycles. The molecule has 4 heteroatoms. The molecule has 2 aromatic rings. The summed E-state index contributed by atoms with van der Waals surface area (Å²) in [5.74, 6) is -0.231. The molecule has 0 aliphatic rings. The summed E-state index contributed by atoms with van der Waals surface area (Å²) < 4.78 is 15.7. The van der Waals surface area contributed by atoms with Crippen LogP contribution < -0.4 is 5.73 Å². The van der Waals surface area contributed by atoms with Crippen molar-refractivity contribution in [2.45, 2.75) is 13.1 Å². The van der Waals surface area contributed by atoms with E-state index >= 15 is 0 Å². The molecule has 84 valence electrons. The molecule has 1 aromatic carbocycles. The van der Waals surface area contributed by atoms with E-state index in [2.05, 4.69) is 15.9 Å². The minimum Gasteiger partial charge on any atom is -0.350 e. The van der Waals surface area contributed by atoms with Gasteiger partial charge in [-0.2, -0.15) is 0 Å². The van der Waals surface area contributed by atoms with Crippen LogP contribution in [0.4, 0.5) is 4.39 Å². The van der Waals surface area contributed by atoms with Crippen molar-refractivity contribution in [3.05, 3.63) is 58.1 Å². The zero-order chi connectivity index (χ0) is 11.5. The molecule has 0 atom stereocenters. The van der Waals surface area contributed by atoms with E-state index in [-0.39, 0.29) is 5.82 Å². The molecule has 2 nitrogen and oxygen atoms in total.